The third-order valence-corrected chi connectivity index (χ3v) is 6.99. The molecule has 4 N–H and O–H groups in total. The number of alkyl halides is 3. The highest BCUT2D eigenvalue weighted by molar-refractivity contribution is 6.00. The molecule has 1 aliphatic rings. The van der Waals surface area contributed by atoms with Crippen LogP contribution in [0.4, 0.5) is 23.2 Å². The van der Waals surface area contributed by atoms with Gasteiger partial charge in [0, 0.05) is 19.8 Å². The van der Waals surface area contributed by atoms with Gasteiger partial charge < -0.3 is 21.3 Å². The zero-order valence-corrected chi connectivity index (χ0v) is 22.8. The number of aromatic nitrogens is 2. The molecule has 2 aromatic rings. The summed E-state index contributed by atoms with van der Waals surface area (Å²) in [5.41, 5.74) is 0.0957. The molecule has 1 aromatic heterocycles. The maximum Gasteiger partial charge on any atom is 0.417 e. The number of aryl methyl sites for hydroxylation is 1. The lowest BCUT2D eigenvalue weighted by Gasteiger charge is -2.26. The summed E-state index contributed by atoms with van der Waals surface area (Å²) >= 11 is 0. The number of carbonyl (C=O) groups excluding carboxylic acids is 4. The molecule has 1 unspecified atom stereocenters. The van der Waals surface area contributed by atoms with E-state index in [1.165, 1.54) is 23.0 Å². The minimum Gasteiger partial charge on any atom is -0.357 e. The molecular formula is C27H34F4N6O4. The molecule has 4 amide bonds. The van der Waals surface area contributed by atoms with Gasteiger partial charge in [-0.1, -0.05) is 31.7 Å². The molecule has 0 radical (unpaired) electrons. The molecule has 224 valence electrons. The minimum atomic E-state index is -5.02. The van der Waals surface area contributed by atoms with Crippen molar-refractivity contribution in [2.24, 2.45) is 5.92 Å². The molecule has 0 saturated heterocycles. The fourth-order valence-corrected chi connectivity index (χ4v) is 4.85. The van der Waals surface area contributed by atoms with Gasteiger partial charge in [0.2, 0.25) is 17.9 Å². The first kappa shape index (κ1) is 31.6. The van der Waals surface area contributed by atoms with Gasteiger partial charge in [0.1, 0.15) is 17.6 Å². The maximum absolute atomic E-state index is 15.0. The number of amides is 4. The Morgan fingerprint density at radius 2 is 1.71 bits per heavy atom. The molecule has 0 spiro atoms. The number of nitrogens with zero attached hydrogens (tertiary/aromatic N) is 2. The van der Waals surface area contributed by atoms with Crippen molar-refractivity contribution in [3.8, 4) is 0 Å². The lowest BCUT2D eigenvalue weighted by molar-refractivity contribution is -0.171. The molecule has 14 heteroatoms. The van der Waals surface area contributed by atoms with Crippen LogP contribution in [0.3, 0.4) is 0 Å². The van der Waals surface area contributed by atoms with Crippen LogP contribution in [0, 0.1) is 11.7 Å². The number of hydrogen-bond acceptors (Lipinski definition) is 5. The first-order valence-electron chi connectivity index (χ1n) is 13.4. The number of carbonyl (C=O) groups is 4. The third-order valence-electron chi connectivity index (χ3n) is 6.99. The van der Waals surface area contributed by atoms with Crippen molar-refractivity contribution in [1.82, 2.24) is 25.7 Å². The number of anilines is 1. The van der Waals surface area contributed by atoms with Crippen LogP contribution in [-0.4, -0.2) is 58.7 Å². The predicted molar refractivity (Wildman–Crippen MR) is 141 cm³/mol. The van der Waals surface area contributed by atoms with Gasteiger partial charge in [-0.05, 0) is 49.4 Å². The van der Waals surface area contributed by atoms with Gasteiger partial charge in [-0.15, -0.1) is 0 Å². The van der Waals surface area contributed by atoms with E-state index in [1.54, 1.807) is 11.4 Å². The van der Waals surface area contributed by atoms with Crippen LogP contribution in [0.2, 0.25) is 0 Å². The van der Waals surface area contributed by atoms with Crippen LogP contribution in [0.15, 0.2) is 30.5 Å². The highest BCUT2D eigenvalue weighted by atomic mass is 19.4. The topological polar surface area (TPSA) is 134 Å². The number of rotatable bonds is 10. The first-order valence-corrected chi connectivity index (χ1v) is 13.4. The van der Waals surface area contributed by atoms with Gasteiger partial charge in [0.05, 0.1) is 12.1 Å². The summed E-state index contributed by atoms with van der Waals surface area (Å²) in [7, 11) is 1.00. The van der Waals surface area contributed by atoms with Gasteiger partial charge in [-0.3, -0.25) is 23.9 Å². The van der Waals surface area contributed by atoms with Gasteiger partial charge in [0.15, 0.2) is 0 Å². The fourth-order valence-electron chi connectivity index (χ4n) is 4.85. The average molecular weight is 583 g/mol. The summed E-state index contributed by atoms with van der Waals surface area (Å²) in [6.07, 6.45) is 1.03. The van der Waals surface area contributed by atoms with Crippen LogP contribution >= 0.6 is 0 Å². The summed E-state index contributed by atoms with van der Waals surface area (Å²) in [6, 6.07) is 1.22. The van der Waals surface area contributed by atoms with Crippen LogP contribution in [0.1, 0.15) is 61.5 Å². The second kappa shape index (κ2) is 14.1. The van der Waals surface area contributed by atoms with Crippen molar-refractivity contribution in [3.63, 3.8) is 0 Å². The second-order valence-electron chi connectivity index (χ2n) is 9.87. The molecule has 1 aliphatic carbocycles. The zero-order valence-electron chi connectivity index (χ0n) is 22.8. The third kappa shape index (κ3) is 8.51. The molecule has 1 heterocycles. The number of hydrogen-bond donors (Lipinski definition) is 4. The number of benzene rings is 1. The fraction of sp³-hybridized carbons (Fsp3) is 0.519. The van der Waals surface area contributed by atoms with Crippen molar-refractivity contribution in [1.29, 1.82) is 0 Å². The monoisotopic (exact) mass is 582 g/mol. The zero-order chi connectivity index (χ0) is 30.2. The van der Waals surface area contributed by atoms with E-state index < -0.39 is 54.1 Å². The Balaban J connectivity index is 1.73. The number of nitrogens with one attached hydrogen (secondary N) is 4. The molecule has 0 bridgehead atoms. The van der Waals surface area contributed by atoms with Gasteiger partial charge >= 0.3 is 6.18 Å². The smallest absolute Gasteiger partial charge is 0.357 e. The van der Waals surface area contributed by atoms with E-state index in [9.17, 15) is 36.7 Å². The molecule has 41 heavy (non-hydrogen) atoms. The van der Waals surface area contributed by atoms with Gasteiger partial charge in [-0.2, -0.15) is 18.3 Å². The highest BCUT2D eigenvalue weighted by Gasteiger charge is 2.45. The molecular weight excluding hydrogens is 548 g/mol. The maximum atomic E-state index is 15.0. The predicted octanol–water partition coefficient (Wildman–Crippen LogP) is 3.09. The van der Waals surface area contributed by atoms with E-state index >= 15 is 0 Å². The summed E-state index contributed by atoms with van der Waals surface area (Å²) in [6.45, 7) is 2.28. The summed E-state index contributed by atoms with van der Waals surface area (Å²) < 4.78 is 55.8. The molecule has 2 atom stereocenters. The van der Waals surface area contributed by atoms with E-state index in [1.807, 2.05) is 12.2 Å². The number of likely N-dealkylation sites (N-methyl/N-ethyl adjacent to an activating group) is 1. The normalized spacial score (nSPS) is 15.8. The van der Waals surface area contributed by atoms with Crippen molar-refractivity contribution in [3.05, 3.63) is 47.5 Å². The van der Waals surface area contributed by atoms with Crippen LogP contribution in [-0.2, 0) is 27.3 Å². The Labute approximate surface area is 234 Å². The van der Waals surface area contributed by atoms with Crippen LogP contribution in [0.5, 0.6) is 0 Å². The van der Waals surface area contributed by atoms with Gasteiger partial charge in [-0.25, -0.2) is 4.39 Å². The molecule has 1 saturated carbocycles. The lowest BCUT2D eigenvalue weighted by atomic mass is 9.91. The van der Waals surface area contributed by atoms with Crippen molar-refractivity contribution < 1.29 is 36.7 Å². The van der Waals surface area contributed by atoms with Crippen molar-refractivity contribution in [2.75, 3.05) is 12.4 Å². The average Bonchev–Trinajstić information content (AvgIpc) is 3.25. The largest absolute Gasteiger partial charge is 0.417 e. The standard InChI is InChI=1S/C27H34F4N6O4/c1-3-37-20(12-13-33-37)24(39)36-22(17-8-6-4-5-7-9-17)25(40)34-19-11-10-16(14-18(19)28)15-21(38)35-23(26(41)32-2)27(29,30)31/h10-14,17,22-23H,3-9,15H2,1-2H3,(H,32,41)(H,34,40)(H,35,38)(H,36,39)/t22-,23?/m0/s1. The van der Waals surface area contributed by atoms with Gasteiger partial charge in [0.25, 0.3) is 11.8 Å². The Bertz CT molecular complexity index is 1240. The molecule has 3 rings (SSSR count). The Kier molecular flexibility index (Phi) is 10.8. The van der Waals surface area contributed by atoms with E-state index in [2.05, 4.69) is 15.7 Å². The Hall–Kier alpha value is -3.97. The lowest BCUT2D eigenvalue weighted by Crippen LogP contribution is -2.54. The van der Waals surface area contributed by atoms with Crippen molar-refractivity contribution >= 4 is 29.3 Å². The first-order chi connectivity index (χ1) is 19.4. The quantitative estimate of drug-likeness (QED) is 0.252. The minimum absolute atomic E-state index is 0.0253. The van der Waals surface area contributed by atoms with Crippen LogP contribution < -0.4 is 21.3 Å². The molecule has 0 aliphatic heterocycles. The highest BCUT2D eigenvalue weighted by Crippen LogP contribution is 2.27. The number of halogens is 4. The van der Waals surface area contributed by atoms with Crippen LogP contribution in [0.25, 0.3) is 0 Å². The Morgan fingerprint density at radius 1 is 1.02 bits per heavy atom. The molecule has 1 aromatic carbocycles. The van der Waals surface area contributed by atoms with E-state index in [4.69, 9.17) is 0 Å². The van der Waals surface area contributed by atoms with E-state index in [0.29, 0.717) is 19.4 Å². The van der Waals surface area contributed by atoms with E-state index in [-0.39, 0.29) is 22.9 Å². The van der Waals surface area contributed by atoms with Crippen molar-refractivity contribution in [2.45, 2.75) is 76.7 Å². The van der Waals surface area contributed by atoms with E-state index in [0.717, 1.165) is 38.8 Å². The Morgan fingerprint density at radius 3 is 2.29 bits per heavy atom. The molecule has 1 fully saturated rings. The summed E-state index contributed by atoms with van der Waals surface area (Å²) in [5, 5.41) is 12.8. The summed E-state index contributed by atoms with van der Waals surface area (Å²) in [5.74, 6) is -4.77. The second-order valence-corrected chi connectivity index (χ2v) is 9.87. The SMILES string of the molecule is CCn1nccc1C(=O)N[C@H](C(=O)Nc1ccc(CC(=O)NC(C(=O)NC)C(F)(F)F)cc1F)C1CCCCCC1. The molecule has 10 nitrogen and oxygen atoms in total. The summed E-state index contributed by atoms with van der Waals surface area (Å²) in [4.78, 5) is 50.1.